The van der Waals surface area contributed by atoms with Crippen LogP contribution < -0.4 is 5.43 Å². The molecule has 4 rings (SSSR count). The highest BCUT2D eigenvalue weighted by Gasteiger charge is 2.19. The van der Waals surface area contributed by atoms with Crippen LogP contribution in [-0.4, -0.2) is 21.5 Å². The van der Waals surface area contributed by atoms with Crippen LogP contribution in [0, 0.1) is 15.9 Å². The van der Waals surface area contributed by atoms with Crippen molar-refractivity contribution in [3.05, 3.63) is 99.6 Å². The summed E-state index contributed by atoms with van der Waals surface area (Å²) < 4.78 is 13.9. The van der Waals surface area contributed by atoms with Crippen molar-refractivity contribution in [3.8, 4) is 0 Å². The first-order valence-electron chi connectivity index (χ1n) is 7.99. The van der Waals surface area contributed by atoms with Crippen molar-refractivity contribution in [2.75, 3.05) is 0 Å². The van der Waals surface area contributed by atoms with E-state index in [1.165, 1.54) is 24.3 Å². The second-order valence-corrected chi connectivity index (χ2v) is 5.74. The van der Waals surface area contributed by atoms with Gasteiger partial charge >= 0.3 is 0 Å². The zero-order valence-electron chi connectivity index (χ0n) is 13.8. The van der Waals surface area contributed by atoms with Gasteiger partial charge < -0.3 is 0 Å². The van der Waals surface area contributed by atoms with Crippen molar-refractivity contribution in [2.45, 2.75) is 0 Å². The van der Waals surface area contributed by atoms with Crippen LogP contribution in [0.1, 0.15) is 16.7 Å². The molecule has 1 aromatic heterocycles. The van der Waals surface area contributed by atoms with E-state index in [4.69, 9.17) is 0 Å². The van der Waals surface area contributed by atoms with Crippen LogP contribution in [0.4, 0.5) is 15.8 Å². The van der Waals surface area contributed by atoms with Crippen molar-refractivity contribution in [1.82, 2.24) is 10.4 Å². The van der Waals surface area contributed by atoms with E-state index >= 15 is 0 Å². The largest absolute Gasteiger partial charge is 0.269 e. The molecular weight excluding hydrogens is 349 g/mol. The Morgan fingerprint density at radius 1 is 1.04 bits per heavy atom. The molecule has 1 N–H and O–H groups in total. The van der Waals surface area contributed by atoms with Crippen molar-refractivity contribution < 1.29 is 9.31 Å². The molecule has 3 aromatic rings. The number of nitrogens with zero attached hydrogens (tertiary/aromatic N) is 4. The smallest absolute Gasteiger partial charge is 0.264 e. The lowest BCUT2D eigenvalue weighted by Crippen LogP contribution is -2.19. The first-order chi connectivity index (χ1) is 13.1. The maximum absolute atomic E-state index is 13.9. The van der Waals surface area contributed by atoms with Gasteiger partial charge in [-0.15, -0.1) is 0 Å². The number of benzene rings is 2. The molecule has 0 atom stereocenters. The number of hydrogen-bond donors (Lipinski definition) is 1. The predicted molar refractivity (Wildman–Crippen MR) is 98.7 cm³/mol. The number of fused-ring (bicyclic) bond motifs is 1. The maximum Gasteiger partial charge on any atom is 0.269 e. The molecule has 0 bridgehead atoms. The van der Waals surface area contributed by atoms with E-state index in [-0.39, 0.29) is 5.69 Å². The Morgan fingerprint density at radius 2 is 1.85 bits per heavy atom. The van der Waals surface area contributed by atoms with Gasteiger partial charge in [-0.05, 0) is 42.5 Å². The van der Waals surface area contributed by atoms with Crippen LogP contribution in [0.15, 0.2) is 77.1 Å². The molecule has 0 fully saturated rings. The number of amidine groups is 1. The molecule has 1 aliphatic heterocycles. The van der Waals surface area contributed by atoms with Gasteiger partial charge in [0.2, 0.25) is 0 Å². The van der Waals surface area contributed by atoms with Gasteiger partial charge in [0.25, 0.3) is 5.69 Å². The molecule has 0 radical (unpaired) electrons. The Balaban J connectivity index is 1.83. The number of rotatable bonds is 3. The van der Waals surface area contributed by atoms with Crippen LogP contribution in [0.25, 0.3) is 0 Å². The number of aromatic nitrogens is 1. The van der Waals surface area contributed by atoms with E-state index in [1.807, 2.05) is 6.07 Å². The molecule has 0 aliphatic carbocycles. The molecule has 27 heavy (non-hydrogen) atoms. The Bertz CT molecular complexity index is 1080. The lowest BCUT2D eigenvalue weighted by molar-refractivity contribution is -0.384. The molecule has 2 aromatic carbocycles. The van der Waals surface area contributed by atoms with E-state index in [0.29, 0.717) is 28.4 Å². The third kappa shape index (κ3) is 3.28. The number of halogens is 1. The second kappa shape index (κ2) is 6.75. The summed E-state index contributed by atoms with van der Waals surface area (Å²) in [7, 11) is 0. The summed E-state index contributed by atoms with van der Waals surface area (Å²) in [6, 6.07) is 13.7. The van der Waals surface area contributed by atoms with E-state index in [0.717, 1.165) is 5.56 Å². The summed E-state index contributed by atoms with van der Waals surface area (Å²) in [4.78, 5) is 19.0. The van der Waals surface area contributed by atoms with Crippen molar-refractivity contribution >= 4 is 22.9 Å². The first-order valence-corrected chi connectivity index (χ1v) is 7.99. The standard InChI is InChI=1S/C19H12FN5O2/c20-14-5-8-17-16(10-14)18(12-3-6-15(7-4-12)25(26)27)23-24-19(22-17)13-2-1-9-21-11-13/h1-11H,(H,22,24). The molecule has 0 saturated heterocycles. The number of non-ortho nitro benzene ring substituents is 1. The summed E-state index contributed by atoms with van der Waals surface area (Å²) in [5.74, 6) is 0.0382. The summed E-state index contributed by atoms with van der Waals surface area (Å²) >= 11 is 0. The number of nitro groups is 1. The summed E-state index contributed by atoms with van der Waals surface area (Å²) in [6.07, 6.45) is 3.29. The molecule has 0 amide bonds. The quantitative estimate of drug-likeness (QED) is 0.570. The molecule has 8 heteroatoms. The van der Waals surface area contributed by atoms with Crippen LogP contribution in [-0.2, 0) is 0 Å². The molecule has 0 saturated carbocycles. The van der Waals surface area contributed by atoms with E-state index < -0.39 is 10.7 Å². The minimum absolute atomic E-state index is 0.0345. The number of nitro benzene ring substituents is 1. The van der Waals surface area contributed by atoms with Crippen molar-refractivity contribution in [1.29, 1.82) is 0 Å². The number of aliphatic imine (C=N–C) groups is 1. The second-order valence-electron chi connectivity index (χ2n) is 5.74. The minimum Gasteiger partial charge on any atom is -0.264 e. The lowest BCUT2D eigenvalue weighted by atomic mass is 10.0. The third-order valence-corrected chi connectivity index (χ3v) is 4.01. The highest BCUT2D eigenvalue weighted by molar-refractivity contribution is 6.18. The molecule has 0 spiro atoms. The predicted octanol–water partition coefficient (Wildman–Crippen LogP) is 3.56. The highest BCUT2D eigenvalue weighted by atomic mass is 19.1. The average molecular weight is 361 g/mol. The van der Waals surface area contributed by atoms with Crippen LogP contribution in [0.3, 0.4) is 0 Å². The summed E-state index contributed by atoms with van der Waals surface area (Å²) in [5, 5.41) is 15.3. The van der Waals surface area contributed by atoms with Gasteiger partial charge in [-0.1, -0.05) is 0 Å². The van der Waals surface area contributed by atoms with Crippen molar-refractivity contribution in [2.24, 2.45) is 10.1 Å². The molecular formula is C19H12FN5O2. The highest BCUT2D eigenvalue weighted by Crippen LogP contribution is 2.27. The number of pyridine rings is 1. The van der Waals surface area contributed by atoms with E-state index in [9.17, 15) is 14.5 Å². The Labute approximate surface area is 153 Å². The molecule has 1 aliphatic rings. The van der Waals surface area contributed by atoms with E-state index in [1.54, 1.807) is 36.7 Å². The van der Waals surface area contributed by atoms with Gasteiger partial charge in [-0.25, -0.2) is 9.38 Å². The van der Waals surface area contributed by atoms with Gasteiger partial charge in [-0.2, -0.15) is 5.10 Å². The van der Waals surface area contributed by atoms with Gasteiger partial charge in [0, 0.05) is 41.2 Å². The zero-order valence-corrected chi connectivity index (χ0v) is 13.8. The molecule has 2 heterocycles. The fraction of sp³-hybridized carbons (Fsp3) is 0. The number of hydrazone groups is 1. The molecule has 132 valence electrons. The topological polar surface area (TPSA) is 92.8 Å². The Kier molecular flexibility index (Phi) is 4.13. The monoisotopic (exact) mass is 361 g/mol. The number of nitrogens with one attached hydrogen (secondary N) is 1. The van der Waals surface area contributed by atoms with Crippen LogP contribution in [0.2, 0.25) is 0 Å². The van der Waals surface area contributed by atoms with E-state index in [2.05, 4.69) is 20.5 Å². The maximum atomic E-state index is 13.9. The normalized spacial score (nSPS) is 12.9. The number of hydrogen-bond acceptors (Lipinski definition) is 6. The summed E-state index contributed by atoms with van der Waals surface area (Å²) in [5.41, 5.74) is 5.62. The summed E-state index contributed by atoms with van der Waals surface area (Å²) in [6.45, 7) is 0. The Hall–Kier alpha value is -3.94. The fourth-order valence-electron chi connectivity index (χ4n) is 2.70. The fourth-order valence-corrected chi connectivity index (χ4v) is 2.70. The average Bonchev–Trinajstić information content (AvgIpc) is 2.88. The SMILES string of the molecule is O=[N+]([O-])c1ccc(C2=NNC(c3cccnc3)=Nc3ccc(F)cc32)cc1. The third-order valence-electron chi connectivity index (χ3n) is 4.01. The van der Waals surface area contributed by atoms with Gasteiger partial charge in [0.05, 0.1) is 10.6 Å². The minimum atomic E-state index is -0.478. The van der Waals surface area contributed by atoms with Crippen LogP contribution in [0.5, 0.6) is 0 Å². The van der Waals surface area contributed by atoms with Gasteiger partial charge in [0.1, 0.15) is 11.5 Å². The van der Waals surface area contributed by atoms with Gasteiger partial charge in [-0.3, -0.25) is 20.5 Å². The molecule has 7 nitrogen and oxygen atoms in total. The van der Waals surface area contributed by atoms with Crippen molar-refractivity contribution in [3.63, 3.8) is 0 Å². The first kappa shape index (κ1) is 16.5. The van der Waals surface area contributed by atoms with Gasteiger partial charge in [0.15, 0.2) is 5.84 Å². The lowest BCUT2D eigenvalue weighted by Gasteiger charge is -2.07. The zero-order chi connectivity index (χ0) is 18.8. The Morgan fingerprint density at radius 3 is 2.56 bits per heavy atom. The van der Waals surface area contributed by atoms with Crippen LogP contribution >= 0.6 is 0 Å². The molecule has 0 unspecified atom stereocenters.